The molecule has 6 heterocycles. The first-order chi connectivity index (χ1) is 23.0. The number of anilines is 1. The van der Waals surface area contributed by atoms with E-state index in [9.17, 15) is 31.9 Å². The van der Waals surface area contributed by atoms with Crippen LogP contribution in [0.15, 0.2) is 35.1 Å². The zero-order valence-electron chi connectivity index (χ0n) is 25.7. The first kappa shape index (κ1) is 31.2. The number of benzene rings is 2. The summed E-state index contributed by atoms with van der Waals surface area (Å²) < 4.78 is 94.5. The summed E-state index contributed by atoms with van der Waals surface area (Å²) in [6.07, 6.45) is -0.439. The normalized spacial score (nSPS) is 25.8. The zero-order valence-corrected chi connectivity index (χ0v) is 25.7. The lowest BCUT2D eigenvalue weighted by Crippen LogP contribution is -2.51. The van der Waals surface area contributed by atoms with E-state index in [4.69, 9.17) is 4.74 Å². The smallest absolute Gasteiger partial charge is 0.431 e. The highest BCUT2D eigenvalue weighted by Crippen LogP contribution is 2.43. The summed E-state index contributed by atoms with van der Waals surface area (Å²) in [5, 5.41) is 13.0. The molecular weight excluding hydrogens is 642 g/mol. The number of alkyl halides is 4. The van der Waals surface area contributed by atoms with Crippen molar-refractivity contribution in [1.29, 1.82) is 0 Å². The molecule has 9 nitrogen and oxygen atoms in total. The van der Waals surface area contributed by atoms with Crippen LogP contribution < -0.4 is 20.5 Å². The Balaban J connectivity index is 1.34. The molecule has 4 fully saturated rings. The van der Waals surface area contributed by atoms with Crippen LogP contribution in [0.5, 0.6) is 11.8 Å². The third-order valence-corrected chi connectivity index (χ3v) is 10.5. The topological polar surface area (TPSA) is 95.8 Å². The molecule has 4 aliphatic heterocycles. The lowest BCUT2D eigenvalue weighted by atomic mass is 9.95. The molecule has 254 valence electrons. The number of phenolic OH excluding ortho intramolecular Hbond substituents is 1. The van der Waals surface area contributed by atoms with Gasteiger partial charge in [-0.25, -0.2) is 13.2 Å². The molecule has 4 aliphatic rings. The van der Waals surface area contributed by atoms with Gasteiger partial charge in [-0.2, -0.15) is 23.1 Å². The summed E-state index contributed by atoms with van der Waals surface area (Å²) in [4.78, 5) is 27.2. The van der Waals surface area contributed by atoms with Crippen LogP contribution in [0.4, 0.5) is 32.2 Å². The van der Waals surface area contributed by atoms with Gasteiger partial charge in [-0.3, -0.25) is 14.3 Å². The molecule has 0 radical (unpaired) electrons. The Hall–Kier alpha value is -4.11. The summed E-state index contributed by atoms with van der Waals surface area (Å²) in [7, 11) is 0. The van der Waals surface area contributed by atoms with Crippen molar-refractivity contribution in [1.82, 2.24) is 24.8 Å². The summed E-state index contributed by atoms with van der Waals surface area (Å²) in [5.74, 6) is -3.28. The molecule has 2 bridgehead atoms. The minimum Gasteiger partial charge on any atom is -0.508 e. The Morgan fingerprint density at radius 1 is 1.04 bits per heavy atom. The number of hydrogen-bond acceptors (Lipinski definition) is 8. The van der Waals surface area contributed by atoms with Crippen molar-refractivity contribution < 1.29 is 36.2 Å². The van der Waals surface area contributed by atoms with Crippen molar-refractivity contribution >= 4 is 27.5 Å². The van der Waals surface area contributed by atoms with E-state index in [0.717, 1.165) is 56.0 Å². The minimum atomic E-state index is -5.15. The molecule has 4 atom stereocenters. The molecule has 0 saturated carbocycles. The summed E-state index contributed by atoms with van der Waals surface area (Å²) in [6, 6.07) is 4.16. The van der Waals surface area contributed by atoms with Crippen LogP contribution >= 0.6 is 0 Å². The molecule has 8 rings (SSSR count). The second kappa shape index (κ2) is 11.2. The number of nitrogens with one attached hydrogen (secondary N) is 1. The van der Waals surface area contributed by atoms with E-state index < -0.39 is 63.6 Å². The van der Waals surface area contributed by atoms with Gasteiger partial charge < -0.3 is 20.1 Å². The molecule has 0 aliphatic carbocycles. The highest BCUT2D eigenvalue weighted by atomic mass is 19.4. The SMILES string of the molecule is O=c1c2nc(OC[C@]34CCCN3[C@@H](CF)CC4)nc(N3C[C@H]4CC[C@@H](C3)N4)c2cc(C(F)(F)F)n1-c1cc(O)cc2ccc(F)c(F)c12. The van der Waals surface area contributed by atoms with Crippen molar-refractivity contribution in [2.24, 2.45) is 0 Å². The van der Waals surface area contributed by atoms with Crippen LogP contribution in [0.1, 0.15) is 44.2 Å². The third-order valence-electron chi connectivity index (χ3n) is 10.5. The number of halogens is 6. The molecule has 2 aromatic heterocycles. The van der Waals surface area contributed by atoms with E-state index in [1.165, 1.54) is 0 Å². The van der Waals surface area contributed by atoms with Gasteiger partial charge in [0.25, 0.3) is 5.56 Å². The molecule has 2 N–H and O–H groups in total. The average molecular weight is 675 g/mol. The summed E-state index contributed by atoms with van der Waals surface area (Å²) >= 11 is 0. The maximum Gasteiger partial charge on any atom is 0.431 e. The van der Waals surface area contributed by atoms with Crippen molar-refractivity contribution in [2.45, 2.75) is 68.4 Å². The number of pyridine rings is 1. The van der Waals surface area contributed by atoms with Gasteiger partial charge in [-0.05, 0) is 68.7 Å². The molecule has 4 saturated heterocycles. The van der Waals surface area contributed by atoms with Crippen LogP contribution in [0.2, 0.25) is 0 Å². The Labute approximate surface area is 270 Å². The second-order valence-corrected chi connectivity index (χ2v) is 13.4. The van der Waals surface area contributed by atoms with Gasteiger partial charge in [-0.15, -0.1) is 0 Å². The van der Waals surface area contributed by atoms with Gasteiger partial charge in [0.05, 0.1) is 16.6 Å². The van der Waals surface area contributed by atoms with E-state index in [1.54, 1.807) is 0 Å². The largest absolute Gasteiger partial charge is 0.508 e. The molecule has 0 unspecified atom stereocenters. The molecular formula is C33H32F6N6O3. The predicted octanol–water partition coefficient (Wildman–Crippen LogP) is 5.22. The summed E-state index contributed by atoms with van der Waals surface area (Å²) in [6.45, 7) is 1.16. The van der Waals surface area contributed by atoms with Gasteiger partial charge in [0, 0.05) is 42.7 Å². The number of hydrogen-bond donors (Lipinski definition) is 2. The Morgan fingerprint density at radius 2 is 1.81 bits per heavy atom. The van der Waals surface area contributed by atoms with Gasteiger partial charge in [0.2, 0.25) is 0 Å². The lowest BCUT2D eigenvalue weighted by molar-refractivity contribution is -0.142. The summed E-state index contributed by atoms with van der Waals surface area (Å²) in [5.41, 5.74) is -4.33. The Kier molecular flexibility index (Phi) is 7.29. The molecule has 48 heavy (non-hydrogen) atoms. The standard InChI is InChI=1S/C33H32F6N6O3/c34-13-20-6-8-32(7-1-9-44(20)32)16-48-31-41-28-22(29(42-31)43-14-18-3-4-19(15-43)40-18)12-25(33(37,38)39)45(30(28)47)24-11-21(46)10-17-2-5-23(35)27(36)26(17)24/h2,5,10-12,18-20,40,46H,1,3-4,6-9,13-16H2/t18-,19+,20-,32-/m1/s1. The Morgan fingerprint density at radius 3 is 2.54 bits per heavy atom. The molecule has 2 aromatic carbocycles. The zero-order chi connectivity index (χ0) is 33.5. The lowest BCUT2D eigenvalue weighted by Gasteiger charge is -2.35. The fraction of sp³-hybridized carbons (Fsp3) is 0.485. The number of piperazine rings is 1. The predicted molar refractivity (Wildman–Crippen MR) is 165 cm³/mol. The van der Waals surface area contributed by atoms with Crippen molar-refractivity contribution in [3.8, 4) is 17.4 Å². The maximum absolute atomic E-state index is 15.3. The third kappa shape index (κ3) is 4.96. The number of ether oxygens (including phenoxy) is 1. The number of aromatic nitrogens is 3. The van der Waals surface area contributed by atoms with E-state index >= 15 is 4.39 Å². The first-order valence-corrected chi connectivity index (χ1v) is 16.1. The molecule has 15 heteroatoms. The molecule has 4 aromatic rings. The van der Waals surface area contributed by atoms with Gasteiger partial charge in [0.15, 0.2) is 11.6 Å². The van der Waals surface area contributed by atoms with Crippen LogP contribution in [-0.4, -0.2) is 81.1 Å². The Bertz CT molecular complexity index is 1990. The van der Waals surface area contributed by atoms with E-state index in [1.807, 2.05) is 4.90 Å². The van der Waals surface area contributed by atoms with Crippen LogP contribution in [0.25, 0.3) is 27.4 Å². The number of aromatic hydroxyl groups is 1. The van der Waals surface area contributed by atoms with E-state index in [0.29, 0.717) is 32.5 Å². The number of fused-ring (bicyclic) bond motifs is 5. The van der Waals surface area contributed by atoms with Crippen molar-refractivity contribution in [3.63, 3.8) is 0 Å². The van der Waals surface area contributed by atoms with Gasteiger partial charge >= 0.3 is 12.2 Å². The van der Waals surface area contributed by atoms with Crippen molar-refractivity contribution in [3.05, 3.63) is 58.0 Å². The van der Waals surface area contributed by atoms with E-state index in [-0.39, 0.29) is 51.9 Å². The van der Waals surface area contributed by atoms with E-state index in [2.05, 4.69) is 20.2 Å². The number of rotatable bonds is 6. The second-order valence-electron chi connectivity index (χ2n) is 13.4. The number of nitrogens with zero attached hydrogens (tertiary/aromatic N) is 5. The fourth-order valence-electron chi connectivity index (χ4n) is 8.38. The van der Waals surface area contributed by atoms with Gasteiger partial charge in [0.1, 0.15) is 36.1 Å². The monoisotopic (exact) mass is 674 g/mol. The van der Waals surface area contributed by atoms with Crippen LogP contribution in [0.3, 0.4) is 0 Å². The quantitative estimate of drug-likeness (QED) is 0.269. The fourth-order valence-corrected chi connectivity index (χ4v) is 8.38. The van der Waals surface area contributed by atoms with Crippen LogP contribution in [-0.2, 0) is 6.18 Å². The van der Waals surface area contributed by atoms with Gasteiger partial charge in [-0.1, -0.05) is 6.07 Å². The maximum atomic E-state index is 15.3. The van der Waals surface area contributed by atoms with Crippen LogP contribution in [0, 0.1) is 11.6 Å². The highest BCUT2D eigenvalue weighted by Gasteiger charge is 2.50. The number of phenols is 1. The average Bonchev–Trinajstić information content (AvgIpc) is 3.73. The van der Waals surface area contributed by atoms with Crippen molar-refractivity contribution in [2.75, 3.05) is 37.8 Å². The molecule has 0 spiro atoms. The first-order valence-electron chi connectivity index (χ1n) is 16.1. The minimum absolute atomic E-state index is 0.0687. The molecule has 0 amide bonds. The highest BCUT2D eigenvalue weighted by molar-refractivity contribution is 5.94.